The number of hydrogen-bond donors (Lipinski definition) is 1. The molecule has 0 aromatic carbocycles. The number of rotatable bonds is 2. The average Bonchev–Trinajstić information content (AvgIpc) is 2.78. The van der Waals surface area contributed by atoms with Gasteiger partial charge in [-0.25, -0.2) is 4.98 Å². The molecule has 6 heteroatoms. The van der Waals surface area contributed by atoms with E-state index in [1.807, 2.05) is 35.9 Å². The maximum atomic E-state index is 12.1. The molecule has 3 heterocycles. The summed E-state index contributed by atoms with van der Waals surface area (Å²) in [7, 11) is 0. The maximum Gasteiger partial charge on any atom is 0.257 e. The lowest BCUT2D eigenvalue weighted by Gasteiger charge is -2.05. The van der Waals surface area contributed by atoms with Crippen LogP contribution >= 0.6 is 15.9 Å². The van der Waals surface area contributed by atoms with Crippen LogP contribution in [-0.4, -0.2) is 20.3 Å². The smallest absolute Gasteiger partial charge is 0.257 e. The lowest BCUT2D eigenvalue weighted by molar-refractivity contribution is 0.102. The molecule has 0 aliphatic heterocycles. The van der Waals surface area contributed by atoms with Gasteiger partial charge in [0.2, 0.25) is 0 Å². The molecule has 3 aromatic heterocycles. The van der Waals surface area contributed by atoms with E-state index >= 15 is 0 Å². The number of nitrogens with zero attached hydrogens (tertiary/aromatic N) is 3. The third kappa shape index (κ3) is 2.55. The Labute approximate surface area is 123 Å². The van der Waals surface area contributed by atoms with Crippen molar-refractivity contribution in [2.45, 2.75) is 6.92 Å². The molecule has 0 fully saturated rings. The van der Waals surface area contributed by atoms with Crippen molar-refractivity contribution in [3.05, 3.63) is 58.7 Å². The van der Waals surface area contributed by atoms with Gasteiger partial charge in [0, 0.05) is 29.3 Å². The van der Waals surface area contributed by atoms with E-state index in [1.165, 1.54) is 6.20 Å². The normalized spacial score (nSPS) is 10.7. The molecule has 0 saturated carbocycles. The second-order valence-corrected chi connectivity index (χ2v) is 5.33. The van der Waals surface area contributed by atoms with Gasteiger partial charge in [0.05, 0.1) is 16.9 Å². The van der Waals surface area contributed by atoms with Gasteiger partial charge in [0.15, 0.2) is 0 Å². The number of anilines is 1. The molecular formula is C14H11BrN4O. The molecule has 3 aromatic rings. The summed E-state index contributed by atoms with van der Waals surface area (Å²) < 4.78 is 2.65. The Bertz CT molecular complexity index is 797. The fourth-order valence-corrected chi connectivity index (χ4v) is 2.30. The Morgan fingerprint density at radius 3 is 2.95 bits per heavy atom. The number of pyridine rings is 2. The summed E-state index contributed by atoms with van der Waals surface area (Å²) in [5.74, 6) is -0.199. The van der Waals surface area contributed by atoms with Crippen molar-refractivity contribution in [2.24, 2.45) is 0 Å². The summed E-state index contributed by atoms with van der Waals surface area (Å²) in [5.41, 5.74) is 3.00. The minimum Gasteiger partial charge on any atom is -0.321 e. The van der Waals surface area contributed by atoms with Crippen molar-refractivity contribution in [2.75, 3.05) is 5.32 Å². The van der Waals surface area contributed by atoms with Crippen molar-refractivity contribution in [3.63, 3.8) is 0 Å². The van der Waals surface area contributed by atoms with Gasteiger partial charge in [0.25, 0.3) is 5.91 Å². The second-order valence-electron chi connectivity index (χ2n) is 4.41. The van der Waals surface area contributed by atoms with Gasteiger partial charge in [-0.3, -0.25) is 9.78 Å². The summed E-state index contributed by atoms with van der Waals surface area (Å²) in [6, 6.07) is 5.41. The van der Waals surface area contributed by atoms with Crippen LogP contribution in [0.15, 0.2) is 47.5 Å². The highest BCUT2D eigenvalue weighted by Crippen LogP contribution is 2.14. The van der Waals surface area contributed by atoms with Crippen LogP contribution in [0.2, 0.25) is 0 Å². The summed E-state index contributed by atoms with van der Waals surface area (Å²) in [6.45, 7) is 1.93. The SMILES string of the molecule is Cc1cn2cc(NC(=O)c3cncc(Br)c3)ccc2n1. The van der Waals surface area contributed by atoms with Crippen LogP contribution in [0.25, 0.3) is 5.65 Å². The van der Waals surface area contributed by atoms with Crippen LogP contribution < -0.4 is 5.32 Å². The molecule has 1 N–H and O–H groups in total. The Morgan fingerprint density at radius 2 is 2.15 bits per heavy atom. The van der Waals surface area contributed by atoms with Gasteiger partial charge in [-0.1, -0.05) is 0 Å². The molecule has 0 aliphatic rings. The highest BCUT2D eigenvalue weighted by molar-refractivity contribution is 9.10. The second kappa shape index (κ2) is 5.05. The summed E-state index contributed by atoms with van der Waals surface area (Å²) in [4.78, 5) is 20.4. The van der Waals surface area contributed by atoms with E-state index in [1.54, 1.807) is 12.3 Å². The first-order valence-corrected chi connectivity index (χ1v) is 6.78. The molecule has 5 nitrogen and oxygen atoms in total. The number of nitrogens with one attached hydrogen (secondary N) is 1. The number of carbonyl (C=O) groups excluding carboxylic acids is 1. The van der Waals surface area contributed by atoms with Gasteiger partial charge in [-0.2, -0.15) is 0 Å². The van der Waals surface area contributed by atoms with Crippen LogP contribution in [0, 0.1) is 6.92 Å². The van der Waals surface area contributed by atoms with E-state index in [4.69, 9.17) is 0 Å². The molecule has 20 heavy (non-hydrogen) atoms. The third-order valence-electron chi connectivity index (χ3n) is 2.80. The number of hydrogen-bond acceptors (Lipinski definition) is 3. The summed E-state index contributed by atoms with van der Waals surface area (Å²) in [6.07, 6.45) is 6.90. The molecule has 0 saturated heterocycles. The molecule has 0 aliphatic carbocycles. The molecule has 3 rings (SSSR count). The van der Waals surface area contributed by atoms with Crippen molar-refractivity contribution >= 4 is 33.2 Å². The van der Waals surface area contributed by atoms with Crippen molar-refractivity contribution < 1.29 is 4.79 Å². The van der Waals surface area contributed by atoms with Crippen LogP contribution in [0.4, 0.5) is 5.69 Å². The number of fused-ring (bicyclic) bond motifs is 1. The standard InChI is InChI=1S/C14H11BrN4O/c1-9-7-19-8-12(2-3-13(19)17-9)18-14(20)10-4-11(15)6-16-5-10/h2-8H,1H3,(H,18,20). The fourth-order valence-electron chi connectivity index (χ4n) is 1.93. The Morgan fingerprint density at radius 1 is 1.30 bits per heavy atom. The Kier molecular flexibility index (Phi) is 3.23. The van der Waals surface area contributed by atoms with Gasteiger partial charge < -0.3 is 9.72 Å². The molecule has 0 unspecified atom stereocenters. The summed E-state index contributed by atoms with van der Waals surface area (Å²) in [5, 5.41) is 2.84. The van der Waals surface area contributed by atoms with Crippen LogP contribution in [0.3, 0.4) is 0 Å². The van der Waals surface area contributed by atoms with Crippen LogP contribution in [0.5, 0.6) is 0 Å². The first-order valence-electron chi connectivity index (χ1n) is 5.99. The topological polar surface area (TPSA) is 59.3 Å². The molecule has 100 valence electrons. The minimum absolute atomic E-state index is 0.199. The number of halogens is 1. The van der Waals surface area contributed by atoms with E-state index in [9.17, 15) is 4.79 Å². The van der Waals surface area contributed by atoms with Crippen molar-refractivity contribution in [1.82, 2.24) is 14.4 Å². The average molecular weight is 331 g/mol. The molecule has 0 atom stereocenters. The van der Waals surface area contributed by atoms with Gasteiger partial charge in [-0.15, -0.1) is 0 Å². The van der Waals surface area contributed by atoms with Crippen molar-refractivity contribution in [3.8, 4) is 0 Å². The minimum atomic E-state index is -0.199. The zero-order valence-electron chi connectivity index (χ0n) is 10.7. The maximum absolute atomic E-state index is 12.1. The highest BCUT2D eigenvalue weighted by atomic mass is 79.9. The highest BCUT2D eigenvalue weighted by Gasteiger charge is 2.08. The van der Waals surface area contributed by atoms with Gasteiger partial charge >= 0.3 is 0 Å². The number of amides is 1. The van der Waals surface area contributed by atoms with Crippen molar-refractivity contribution in [1.29, 1.82) is 0 Å². The lowest BCUT2D eigenvalue weighted by atomic mass is 10.2. The van der Waals surface area contributed by atoms with E-state index < -0.39 is 0 Å². The summed E-state index contributed by atoms with van der Waals surface area (Å²) >= 11 is 3.30. The van der Waals surface area contributed by atoms with E-state index in [-0.39, 0.29) is 5.91 Å². The Balaban J connectivity index is 1.87. The fraction of sp³-hybridized carbons (Fsp3) is 0.0714. The predicted molar refractivity (Wildman–Crippen MR) is 79.8 cm³/mol. The van der Waals surface area contributed by atoms with Crippen LogP contribution in [0.1, 0.15) is 16.1 Å². The Hall–Kier alpha value is -2.21. The zero-order valence-corrected chi connectivity index (χ0v) is 12.3. The van der Waals surface area contributed by atoms with E-state index in [2.05, 4.69) is 31.2 Å². The van der Waals surface area contributed by atoms with E-state index in [0.29, 0.717) is 11.3 Å². The zero-order chi connectivity index (χ0) is 14.1. The monoisotopic (exact) mass is 330 g/mol. The molecule has 1 amide bonds. The number of aryl methyl sites for hydroxylation is 1. The molecular weight excluding hydrogens is 320 g/mol. The quantitative estimate of drug-likeness (QED) is 0.785. The van der Waals surface area contributed by atoms with Gasteiger partial charge in [-0.05, 0) is 41.1 Å². The first kappa shape index (κ1) is 12.8. The van der Waals surface area contributed by atoms with Crippen LogP contribution in [-0.2, 0) is 0 Å². The largest absolute Gasteiger partial charge is 0.321 e. The third-order valence-corrected chi connectivity index (χ3v) is 3.23. The van der Waals surface area contributed by atoms with Gasteiger partial charge in [0.1, 0.15) is 5.65 Å². The number of aromatic nitrogens is 3. The molecule has 0 radical (unpaired) electrons. The number of imidazole rings is 1. The predicted octanol–water partition coefficient (Wildman–Crippen LogP) is 3.05. The molecule has 0 bridgehead atoms. The van der Waals surface area contributed by atoms with E-state index in [0.717, 1.165) is 15.8 Å². The number of carbonyl (C=O) groups is 1. The lowest BCUT2D eigenvalue weighted by Crippen LogP contribution is -2.12. The molecule has 0 spiro atoms. The first-order chi connectivity index (χ1) is 9.61.